The van der Waals surface area contributed by atoms with Gasteiger partial charge in [-0.05, 0) is 21.1 Å². The first-order valence-electron chi connectivity index (χ1n) is 1.92. The van der Waals surface area contributed by atoms with E-state index >= 15 is 0 Å². The minimum absolute atomic E-state index is 1.92. The zero-order valence-electron chi connectivity index (χ0n) is 5.02. The maximum atomic E-state index is 2.42. The largest absolute Gasteiger partial charge is 0.312 e. The summed E-state index contributed by atoms with van der Waals surface area (Å²) < 4.78 is 0. The van der Waals surface area contributed by atoms with E-state index in [9.17, 15) is 0 Å². The molecule has 0 saturated carbocycles. The summed E-state index contributed by atoms with van der Waals surface area (Å²) in [6.07, 6.45) is 0. The van der Waals surface area contributed by atoms with Gasteiger partial charge in [-0.3, -0.25) is 0 Å². The third-order valence-electron chi connectivity index (χ3n) is 0. The summed E-state index contributed by atoms with van der Waals surface area (Å²) in [6, 6.07) is 0. The van der Waals surface area contributed by atoms with Gasteiger partial charge in [-0.15, -0.1) is 9.24 Å². The zero-order valence-corrected chi connectivity index (χ0v) is 6.18. The van der Waals surface area contributed by atoms with Crippen LogP contribution in [-0.2, 0) is 0 Å². The van der Waals surface area contributed by atoms with Gasteiger partial charge in [0.05, 0.1) is 0 Å². The van der Waals surface area contributed by atoms with E-state index in [0.29, 0.717) is 0 Å². The molecule has 0 aliphatic heterocycles. The lowest BCUT2D eigenvalue weighted by Crippen LogP contribution is -1.99. The molecule has 1 nitrogen and oxygen atoms in total. The SMILES string of the molecule is CN(C)C.CP. The Morgan fingerprint density at radius 2 is 1.00 bits per heavy atom. The van der Waals surface area contributed by atoms with Crippen molar-refractivity contribution in [3.63, 3.8) is 0 Å². The Morgan fingerprint density at radius 1 is 1.00 bits per heavy atom. The lowest BCUT2D eigenvalue weighted by atomic mass is 11.0. The van der Waals surface area contributed by atoms with E-state index in [1.165, 1.54) is 0 Å². The molecular weight excluding hydrogens is 93.0 g/mol. The summed E-state index contributed by atoms with van der Waals surface area (Å²) in [5.74, 6) is 0. The van der Waals surface area contributed by atoms with Crippen LogP contribution in [0.2, 0.25) is 0 Å². The standard InChI is InChI=1S/C3H9N.CH5P/c1-4(2)3;1-2/h1-3H3;2H2,1H3. The van der Waals surface area contributed by atoms with Crippen molar-refractivity contribution in [1.29, 1.82) is 0 Å². The smallest absolute Gasteiger partial charge is 0.0140 e. The number of hydrogen-bond donors (Lipinski definition) is 0. The van der Waals surface area contributed by atoms with Crippen molar-refractivity contribution in [3.05, 3.63) is 0 Å². The molecule has 0 radical (unpaired) electrons. The van der Waals surface area contributed by atoms with Gasteiger partial charge in [-0.1, -0.05) is 6.66 Å². The summed E-state index contributed by atoms with van der Waals surface area (Å²) in [6.45, 7) is 1.92. The Labute approximate surface area is 42.9 Å². The van der Waals surface area contributed by atoms with Crippen LogP contribution in [0.15, 0.2) is 0 Å². The predicted molar refractivity (Wildman–Crippen MR) is 35.2 cm³/mol. The fourth-order valence-electron chi connectivity index (χ4n) is 0. The second kappa shape index (κ2) is 9.04. The summed E-state index contributed by atoms with van der Waals surface area (Å²) in [5, 5.41) is 0. The molecule has 0 aromatic carbocycles. The van der Waals surface area contributed by atoms with E-state index in [1.807, 2.05) is 32.7 Å². The van der Waals surface area contributed by atoms with Crippen LogP contribution in [0.25, 0.3) is 0 Å². The van der Waals surface area contributed by atoms with Crippen molar-refractivity contribution in [2.45, 2.75) is 0 Å². The third-order valence-corrected chi connectivity index (χ3v) is 0. The normalized spacial score (nSPS) is 7.00. The average Bonchev–Trinajstić information content (AvgIpc) is 1.41. The van der Waals surface area contributed by atoms with Crippen LogP contribution in [0, 0.1) is 0 Å². The van der Waals surface area contributed by atoms with E-state index in [2.05, 4.69) is 9.24 Å². The molecule has 0 amide bonds. The van der Waals surface area contributed by atoms with Gasteiger partial charge < -0.3 is 4.90 Å². The first-order valence-corrected chi connectivity index (χ1v) is 3.07. The summed E-state index contributed by atoms with van der Waals surface area (Å²) in [7, 11) is 8.42. The molecule has 0 bridgehead atoms. The highest BCUT2D eigenvalue weighted by atomic mass is 31.0. The van der Waals surface area contributed by atoms with E-state index in [0.717, 1.165) is 0 Å². The highest BCUT2D eigenvalue weighted by Gasteiger charge is 1.58. The lowest BCUT2D eigenvalue weighted by Gasteiger charge is -1.90. The van der Waals surface area contributed by atoms with Crippen molar-refractivity contribution in [1.82, 2.24) is 4.90 Å². The first kappa shape index (κ1) is 9.63. The minimum Gasteiger partial charge on any atom is -0.312 e. The van der Waals surface area contributed by atoms with Crippen LogP contribution in [0.3, 0.4) is 0 Å². The summed E-state index contributed by atoms with van der Waals surface area (Å²) >= 11 is 0. The van der Waals surface area contributed by atoms with Gasteiger partial charge in [0.2, 0.25) is 0 Å². The predicted octanol–water partition coefficient (Wildman–Crippen LogP) is 0.669. The zero-order chi connectivity index (χ0) is 5.58. The number of nitrogens with zero attached hydrogens (tertiary/aromatic N) is 1. The van der Waals surface area contributed by atoms with E-state index in [4.69, 9.17) is 0 Å². The molecule has 0 spiro atoms. The van der Waals surface area contributed by atoms with Crippen molar-refractivity contribution < 1.29 is 0 Å². The van der Waals surface area contributed by atoms with E-state index in [-0.39, 0.29) is 0 Å². The third kappa shape index (κ3) is 332. The Hall–Kier alpha value is 0.390. The van der Waals surface area contributed by atoms with Gasteiger partial charge in [0.15, 0.2) is 0 Å². The highest BCUT2D eigenvalue weighted by Crippen LogP contribution is 1.47. The Bertz CT molecular complexity index is 12.3. The maximum Gasteiger partial charge on any atom is -0.0140 e. The second-order valence-electron chi connectivity index (χ2n) is 1.34. The summed E-state index contributed by atoms with van der Waals surface area (Å²) in [4.78, 5) is 2.00. The maximum absolute atomic E-state index is 2.42. The highest BCUT2D eigenvalue weighted by molar-refractivity contribution is 7.15. The van der Waals surface area contributed by atoms with Crippen molar-refractivity contribution >= 4 is 9.24 Å². The van der Waals surface area contributed by atoms with Gasteiger partial charge in [0, 0.05) is 0 Å². The lowest BCUT2D eigenvalue weighted by molar-refractivity contribution is 0.505. The van der Waals surface area contributed by atoms with Gasteiger partial charge in [0.1, 0.15) is 0 Å². The second-order valence-corrected chi connectivity index (χ2v) is 1.34. The molecule has 2 heteroatoms. The topological polar surface area (TPSA) is 3.24 Å². The molecule has 0 aromatic rings. The first-order chi connectivity index (χ1) is 2.73. The minimum atomic E-state index is 1.92. The average molecular weight is 107 g/mol. The molecule has 1 atom stereocenters. The van der Waals surface area contributed by atoms with E-state index in [1.54, 1.807) is 0 Å². The van der Waals surface area contributed by atoms with Crippen LogP contribution in [-0.4, -0.2) is 32.7 Å². The van der Waals surface area contributed by atoms with Gasteiger partial charge >= 0.3 is 0 Å². The van der Waals surface area contributed by atoms with Crippen molar-refractivity contribution in [2.24, 2.45) is 0 Å². The molecule has 40 valence electrons. The number of rotatable bonds is 0. The number of hydrogen-bond acceptors (Lipinski definition) is 1. The molecule has 0 N–H and O–H groups in total. The van der Waals surface area contributed by atoms with E-state index < -0.39 is 0 Å². The van der Waals surface area contributed by atoms with Crippen LogP contribution in [0.1, 0.15) is 0 Å². The van der Waals surface area contributed by atoms with Crippen LogP contribution < -0.4 is 0 Å². The van der Waals surface area contributed by atoms with Crippen molar-refractivity contribution in [3.8, 4) is 0 Å². The monoisotopic (exact) mass is 107 g/mol. The molecule has 0 aliphatic rings. The molecule has 0 aliphatic carbocycles. The molecule has 0 aromatic heterocycles. The van der Waals surface area contributed by atoms with Gasteiger partial charge in [0.25, 0.3) is 0 Å². The van der Waals surface area contributed by atoms with Crippen LogP contribution in [0.5, 0.6) is 0 Å². The van der Waals surface area contributed by atoms with Crippen molar-refractivity contribution in [2.75, 3.05) is 27.8 Å². The Balaban J connectivity index is 0. The van der Waals surface area contributed by atoms with Gasteiger partial charge in [-0.25, -0.2) is 0 Å². The molecule has 0 saturated heterocycles. The Kier molecular flexibility index (Phi) is 14.5. The fourth-order valence-corrected chi connectivity index (χ4v) is 0. The molecule has 0 fully saturated rings. The molecule has 0 rings (SSSR count). The van der Waals surface area contributed by atoms with Gasteiger partial charge in [-0.2, -0.15) is 0 Å². The molecule has 0 heterocycles. The molecule has 1 unspecified atom stereocenters. The van der Waals surface area contributed by atoms with Crippen LogP contribution >= 0.6 is 9.24 Å². The fraction of sp³-hybridized carbons (Fsp3) is 1.00. The molecular formula is C4H14NP. The quantitative estimate of drug-likeness (QED) is 0.411. The Morgan fingerprint density at radius 3 is 1.00 bits per heavy atom. The summed E-state index contributed by atoms with van der Waals surface area (Å²) in [5.41, 5.74) is 0. The van der Waals surface area contributed by atoms with Crippen LogP contribution in [0.4, 0.5) is 0 Å². The molecule has 6 heavy (non-hydrogen) atoms.